The van der Waals surface area contributed by atoms with E-state index in [0.717, 1.165) is 66.5 Å². The second-order valence-electron chi connectivity index (χ2n) is 17.2. The molecule has 1 heterocycles. The maximum atomic E-state index is 7.00. The van der Waals surface area contributed by atoms with E-state index in [2.05, 4.69) is 254 Å². The number of rotatable bonds is 7. The Morgan fingerprint density at radius 1 is 0.242 bits per heavy atom. The number of hydrogen-bond acceptors (Lipinski definition) is 2. The van der Waals surface area contributed by atoms with Gasteiger partial charge < -0.3 is 9.32 Å². The van der Waals surface area contributed by atoms with Crippen molar-refractivity contribution >= 4 is 82.1 Å². The van der Waals surface area contributed by atoms with Gasteiger partial charge in [-0.2, -0.15) is 0 Å². The first-order valence-corrected chi connectivity index (χ1v) is 22.7. The van der Waals surface area contributed by atoms with Gasteiger partial charge in [-0.15, -0.1) is 0 Å². The lowest BCUT2D eigenvalue weighted by molar-refractivity contribution is 0.673. The number of fused-ring (bicyclic) bond motifs is 9. The van der Waals surface area contributed by atoms with E-state index < -0.39 is 0 Å². The van der Waals surface area contributed by atoms with Crippen LogP contribution in [0.4, 0.5) is 17.1 Å². The molecule has 0 N–H and O–H groups in total. The molecule has 13 rings (SSSR count). The summed E-state index contributed by atoms with van der Waals surface area (Å²) in [5.41, 5.74) is 14.4. The summed E-state index contributed by atoms with van der Waals surface area (Å²) in [5, 5.41) is 11.9. The highest BCUT2D eigenvalue weighted by Crippen LogP contribution is 2.47. The van der Waals surface area contributed by atoms with E-state index in [1.165, 1.54) is 60.1 Å². The van der Waals surface area contributed by atoms with Crippen molar-refractivity contribution in [1.29, 1.82) is 0 Å². The monoisotopic (exact) mass is 839 g/mol. The number of nitrogens with zero attached hydrogens (tertiary/aromatic N) is 1. The molecule has 2 heteroatoms. The third-order valence-corrected chi connectivity index (χ3v) is 13.4. The molecule has 308 valence electrons. The number of para-hydroxylation sites is 1. The van der Waals surface area contributed by atoms with E-state index >= 15 is 0 Å². The summed E-state index contributed by atoms with van der Waals surface area (Å²) < 4.78 is 7.00. The van der Waals surface area contributed by atoms with Crippen LogP contribution in [-0.4, -0.2) is 0 Å². The highest BCUT2D eigenvalue weighted by atomic mass is 16.3. The molecule has 0 aliphatic rings. The van der Waals surface area contributed by atoms with Crippen LogP contribution in [-0.2, 0) is 0 Å². The molecule has 1 aromatic heterocycles. The molecule has 2 nitrogen and oxygen atoms in total. The molecule has 0 fully saturated rings. The second-order valence-corrected chi connectivity index (χ2v) is 17.2. The van der Waals surface area contributed by atoms with E-state index in [-0.39, 0.29) is 0 Å². The number of anilines is 3. The van der Waals surface area contributed by atoms with Gasteiger partial charge in [0.25, 0.3) is 0 Å². The topological polar surface area (TPSA) is 16.4 Å². The molecule has 0 aliphatic heterocycles. The minimum Gasteiger partial charge on any atom is -0.453 e. The zero-order valence-electron chi connectivity index (χ0n) is 36.0. The van der Waals surface area contributed by atoms with Crippen LogP contribution in [0.15, 0.2) is 253 Å². The normalized spacial score (nSPS) is 11.6. The molecule has 0 aliphatic carbocycles. The molecule has 0 amide bonds. The Morgan fingerprint density at radius 2 is 0.758 bits per heavy atom. The summed E-state index contributed by atoms with van der Waals surface area (Å²) >= 11 is 0. The van der Waals surface area contributed by atoms with E-state index in [4.69, 9.17) is 4.42 Å². The van der Waals surface area contributed by atoms with Crippen molar-refractivity contribution in [3.63, 3.8) is 0 Å². The summed E-state index contributed by atoms with van der Waals surface area (Å²) in [6, 6.07) is 90.2. The van der Waals surface area contributed by atoms with Gasteiger partial charge in [0.05, 0.1) is 5.69 Å². The fourth-order valence-electron chi connectivity index (χ4n) is 10.3. The largest absolute Gasteiger partial charge is 0.453 e. The Labute approximate surface area is 382 Å². The number of benzene rings is 12. The van der Waals surface area contributed by atoms with E-state index in [1.54, 1.807) is 0 Å². The quantitative estimate of drug-likeness (QED) is 0.149. The van der Waals surface area contributed by atoms with Crippen LogP contribution in [0.2, 0.25) is 0 Å². The Kier molecular flexibility index (Phi) is 8.89. The third kappa shape index (κ3) is 6.26. The Hall–Kier alpha value is -8.72. The van der Waals surface area contributed by atoms with Gasteiger partial charge >= 0.3 is 0 Å². The van der Waals surface area contributed by atoms with Crippen LogP contribution < -0.4 is 4.90 Å². The number of hydrogen-bond donors (Lipinski definition) is 0. The maximum Gasteiger partial charge on any atom is 0.159 e. The van der Waals surface area contributed by atoms with Gasteiger partial charge in [-0.3, -0.25) is 0 Å². The van der Waals surface area contributed by atoms with Gasteiger partial charge in [0.2, 0.25) is 0 Å². The van der Waals surface area contributed by atoms with E-state index in [1.807, 2.05) is 0 Å². The lowest BCUT2D eigenvalue weighted by Crippen LogP contribution is -2.10. The Balaban J connectivity index is 0.991. The van der Waals surface area contributed by atoms with E-state index in [9.17, 15) is 0 Å². The molecule has 66 heavy (non-hydrogen) atoms. The van der Waals surface area contributed by atoms with Crippen LogP contribution in [0.1, 0.15) is 0 Å². The molecule has 0 saturated carbocycles. The first-order valence-electron chi connectivity index (χ1n) is 22.7. The van der Waals surface area contributed by atoms with Gasteiger partial charge in [0.15, 0.2) is 5.58 Å². The second kappa shape index (κ2) is 15.5. The molecular formula is C64H41NO. The molecule has 0 bridgehead atoms. The van der Waals surface area contributed by atoms with Crippen LogP contribution in [0.25, 0.3) is 110 Å². The Bertz CT molecular complexity index is 3980. The van der Waals surface area contributed by atoms with Crippen molar-refractivity contribution in [2.45, 2.75) is 0 Å². The van der Waals surface area contributed by atoms with Crippen molar-refractivity contribution in [2.75, 3.05) is 4.90 Å². The first-order chi connectivity index (χ1) is 32.7. The predicted octanol–water partition coefficient (Wildman–Crippen LogP) is 18.3. The summed E-state index contributed by atoms with van der Waals surface area (Å²) in [4.78, 5) is 2.35. The van der Waals surface area contributed by atoms with Crippen molar-refractivity contribution in [2.24, 2.45) is 0 Å². The highest BCUT2D eigenvalue weighted by Gasteiger charge is 2.22. The zero-order valence-corrected chi connectivity index (χ0v) is 36.0. The number of furan rings is 1. The van der Waals surface area contributed by atoms with Gasteiger partial charge in [-0.05, 0) is 131 Å². The average Bonchev–Trinajstić information content (AvgIpc) is 3.79. The van der Waals surface area contributed by atoms with Gasteiger partial charge in [0, 0.05) is 27.5 Å². The SMILES string of the molecule is c1ccc(-c2c(-c3ccccc3)c3cc(-c4ccc(N(c5cccc(-c6ccc7ccccc7c6)c5)c5cccc6c5oc5c7ccccc7ccc65)cc4)ccc3c3ccccc23)cc1. The van der Waals surface area contributed by atoms with Crippen molar-refractivity contribution < 1.29 is 4.42 Å². The van der Waals surface area contributed by atoms with Crippen molar-refractivity contribution in [3.05, 3.63) is 249 Å². The van der Waals surface area contributed by atoms with Gasteiger partial charge in [-0.1, -0.05) is 200 Å². The highest BCUT2D eigenvalue weighted by molar-refractivity contribution is 6.22. The minimum absolute atomic E-state index is 0.855. The van der Waals surface area contributed by atoms with Crippen LogP contribution in [0, 0.1) is 0 Å². The first kappa shape index (κ1) is 37.8. The summed E-state index contributed by atoms with van der Waals surface area (Å²) in [7, 11) is 0. The molecular weight excluding hydrogens is 799 g/mol. The molecule has 13 aromatic rings. The summed E-state index contributed by atoms with van der Waals surface area (Å²) in [5.74, 6) is 0. The lowest BCUT2D eigenvalue weighted by Gasteiger charge is -2.26. The van der Waals surface area contributed by atoms with E-state index in [0.29, 0.717) is 0 Å². The Morgan fingerprint density at radius 3 is 1.55 bits per heavy atom. The fraction of sp³-hybridized carbons (Fsp3) is 0. The smallest absolute Gasteiger partial charge is 0.159 e. The van der Waals surface area contributed by atoms with Crippen molar-refractivity contribution in [3.8, 4) is 44.5 Å². The molecule has 12 aromatic carbocycles. The lowest BCUT2D eigenvalue weighted by atomic mass is 9.84. The summed E-state index contributed by atoms with van der Waals surface area (Å²) in [6.45, 7) is 0. The molecule has 0 unspecified atom stereocenters. The molecule has 0 radical (unpaired) electrons. The predicted molar refractivity (Wildman–Crippen MR) is 280 cm³/mol. The van der Waals surface area contributed by atoms with Gasteiger partial charge in [0.1, 0.15) is 5.58 Å². The van der Waals surface area contributed by atoms with Gasteiger partial charge in [-0.25, -0.2) is 0 Å². The zero-order chi connectivity index (χ0) is 43.6. The average molecular weight is 840 g/mol. The molecule has 0 saturated heterocycles. The maximum absolute atomic E-state index is 7.00. The van der Waals surface area contributed by atoms with Crippen LogP contribution >= 0.6 is 0 Å². The minimum atomic E-state index is 0.855. The fourth-order valence-corrected chi connectivity index (χ4v) is 10.3. The standard InChI is InChI=1S/C64H41NO/c1-3-17-45(18-4-1)61-56-26-12-11-25-54(56)55-37-34-50(41-59(55)62(61)46-19-5-2-6-20-46)43-31-35-51(36-32-43)65(52-23-13-22-48(40-52)49-30-29-42-15-7-8-21-47(42)39-49)60-28-14-27-57-58-38-33-44-16-9-10-24-53(44)63(58)66-64(57)60/h1-41H. The van der Waals surface area contributed by atoms with Crippen molar-refractivity contribution in [1.82, 2.24) is 0 Å². The van der Waals surface area contributed by atoms with Crippen LogP contribution in [0.3, 0.4) is 0 Å². The molecule has 0 atom stereocenters. The summed E-state index contributed by atoms with van der Waals surface area (Å²) in [6.07, 6.45) is 0. The van der Waals surface area contributed by atoms with Crippen LogP contribution in [0.5, 0.6) is 0 Å². The third-order valence-electron chi connectivity index (χ3n) is 13.4. The molecule has 0 spiro atoms.